The lowest BCUT2D eigenvalue weighted by atomic mass is 10.3. The summed E-state index contributed by atoms with van der Waals surface area (Å²) in [4.78, 5) is 13.4. The van der Waals surface area contributed by atoms with Crippen LogP contribution in [0, 0.1) is 13.8 Å². The van der Waals surface area contributed by atoms with Gasteiger partial charge in [0.15, 0.2) is 0 Å². The molecule has 2 rings (SSSR count). The van der Waals surface area contributed by atoms with Gasteiger partial charge < -0.3 is 5.32 Å². The zero-order chi connectivity index (χ0) is 14.7. The van der Waals surface area contributed by atoms with Crippen LogP contribution in [0.3, 0.4) is 0 Å². The number of carbonyl (C=O) groups is 1. The van der Waals surface area contributed by atoms with Crippen molar-refractivity contribution in [2.75, 3.05) is 5.32 Å². The van der Waals surface area contributed by atoms with Crippen LogP contribution in [0.2, 0.25) is 0 Å². The molecule has 1 heterocycles. The Hall–Kier alpha value is -1.75. The van der Waals surface area contributed by atoms with Crippen molar-refractivity contribution < 1.29 is 4.79 Å². The maximum Gasteiger partial charge on any atom is 0.237 e. The van der Waals surface area contributed by atoms with E-state index in [4.69, 9.17) is 0 Å². The second-order valence-corrected chi connectivity index (χ2v) is 6.15. The molecule has 0 spiro atoms. The molecule has 1 aromatic heterocycles. The van der Waals surface area contributed by atoms with Gasteiger partial charge in [-0.3, -0.25) is 9.48 Å². The second-order valence-electron chi connectivity index (χ2n) is 4.73. The Morgan fingerprint density at radius 3 is 2.50 bits per heavy atom. The lowest BCUT2D eigenvalue weighted by Crippen LogP contribution is -2.23. The molecular formula is C15H19N3OS. The molecule has 0 aliphatic heterocycles. The van der Waals surface area contributed by atoms with Crippen molar-refractivity contribution in [1.29, 1.82) is 0 Å². The number of nitrogens with zero attached hydrogens (tertiary/aromatic N) is 2. The van der Waals surface area contributed by atoms with Gasteiger partial charge in [0, 0.05) is 11.9 Å². The van der Waals surface area contributed by atoms with Gasteiger partial charge in [-0.1, -0.05) is 18.2 Å². The molecule has 0 bridgehead atoms. The van der Waals surface area contributed by atoms with Crippen molar-refractivity contribution in [3.8, 4) is 0 Å². The van der Waals surface area contributed by atoms with E-state index in [2.05, 4.69) is 10.4 Å². The maximum absolute atomic E-state index is 12.3. The third-order valence-corrected chi connectivity index (χ3v) is 4.29. The largest absolute Gasteiger partial charge is 0.322 e. The molecule has 1 amide bonds. The highest BCUT2D eigenvalue weighted by Crippen LogP contribution is 2.25. The first-order valence-corrected chi connectivity index (χ1v) is 7.39. The average Bonchev–Trinajstić information content (AvgIpc) is 2.66. The molecule has 0 unspecified atom stereocenters. The van der Waals surface area contributed by atoms with Gasteiger partial charge in [0.05, 0.1) is 22.3 Å². The molecule has 20 heavy (non-hydrogen) atoms. The molecule has 0 fully saturated rings. The molecule has 0 radical (unpaired) electrons. The summed E-state index contributed by atoms with van der Waals surface area (Å²) in [6.07, 6.45) is 0. The lowest BCUT2D eigenvalue weighted by molar-refractivity contribution is -0.115. The van der Waals surface area contributed by atoms with Crippen molar-refractivity contribution in [2.24, 2.45) is 7.05 Å². The minimum absolute atomic E-state index is 0.00180. The van der Waals surface area contributed by atoms with Crippen molar-refractivity contribution in [2.45, 2.75) is 30.9 Å². The van der Waals surface area contributed by atoms with Crippen LogP contribution in [-0.2, 0) is 11.8 Å². The third kappa shape index (κ3) is 3.22. The third-order valence-electron chi connectivity index (χ3n) is 3.18. The topological polar surface area (TPSA) is 46.9 Å². The number of thioether (sulfide) groups is 1. The van der Waals surface area contributed by atoms with Gasteiger partial charge in [0.1, 0.15) is 0 Å². The van der Waals surface area contributed by atoms with E-state index in [1.807, 2.05) is 58.2 Å². The minimum atomic E-state index is -0.156. The predicted octanol–water partition coefficient (Wildman–Crippen LogP) is 3.16. The number of hydrogen-bond donors (Lipinski definition) is 1. The molecule has 5 heteroatoms. The molecule has 0 aliphatic carbocycles. The van der Waals surface area contributed by atoms with Gasteiger partial charge in [0.25, 0.3) is 0 Å². The Morgan fingerprint density at radius 2 is 1.95 bits per heavy atom. The minimum Gasteiger partial charge on any atom is -0.322 e. The Kier molecular flexibility index (Phi) is 4.49. The molecule has 0 saturated heterocycles. The maximum atomic E-state index is 12.3. The summed E-state index contributed by atoms with van der Waals surface area (Å²) in [5.41, 5.74) is 2.63. The second kappa shape index (κ2) is 6.13. The quantitative estimate of drug-likeness (QED) is 0.880. The highest BCUT2D eigenvalue weighted by atomic mass is 32.2. The van der Waals surface area contributed by atoms with E-state index in [1.54, 1.807) is 16.4 Å². The predicted molar refractivity (Wildman–Crippen MR) is 83.1 cm³/mol. The number of nitrogens with one attached hydrogen (secondary N) is 1. The first-order chi connectivity index (χ1) is 9.49. The Labute approximate surface area is 123 Å². The molecule has 0 saturated carbocycles. The number of hydrogen-bond acceptors (Lipinski definition) is 3. The first-order valence-electron chi connectivity index (χ1n) is 6.52. The van der Waals surface area contributed by atoms with E-state index in [1.165, 1.54) is 0 Å². The summed E-state index contributed by atoms with van der Waals surface area (Å²) < 4.78 is 1.78. The van der Waals surface area contributed by atoms with E-state index in [0.717, 1.165) is 22.0 Å². The van der Waals surface area contributed by atoms with Gasteiger partial charge in [-0.2, -0.15) is 5.10 Å². The standard InChI is InChI=1S/C15H19N3OS/c1-10-14(11(2)18(4)17-10)16-15(19)12(3)20-13-8-6-5-7-9-13/h5-9,12H,1-4H3,(H,16,19)/t12-/m1/s1. The summed E-state index contributed by atoms with van der Waals surface area (Å²) in [7, 11) is 1.88. The van der Waals surface area contributed by atoms with Gasteiger partial charge in [-0.05, 0) is 32.9 Å². The molecule has 1 N–H and O–H groups in total. The molecule has 106 valence electrons. The summed E-state index contributed by atoms with van der Waals surface area (Å²) in [5, 5.41) is 7.12. The van der Waals surface area contributed by atoms with E-state index in [0.29, 0.717) is 0 Å². The monoisotopic (exact) mass is 289 g/mol. The number of aromatic nitrogens is 2. The molecule has 4 nitrogen and oxygen atoms in total. The lowest BCUT2D eigenvalue weighted by Gasteiger charge is -2.12. The van der Waals surface area contributed by atoms with E-state index < -0.39 is 0 Å². The fraction of sp³-hybridized carbons (Fsp3) is 0.333. The Balaban J connectivity index is 2.04. The molecule has 1 atom stereocenters. The van der Waals surface area contributed by atoms with Crippen LogP contribution in [0.25, 0.3) is 0 Å². The fourth-order valence-electron chi connectivity index (χ4n) is 1.94. The van der Waals surface area contributed by atoms with E-state index in [-0.39, 0.29) is 11.2 Å². The van der Waals surface area contributed by atoms with Crippen molar-refractivity contribution in [3.63, 3.8) is 0 Å². The Bertz CT molecular complexity index is 607. The fourth-order valence-corrected chi connectivity index (χ4v) is 2.82. The smallest absolute Gasteiger partial charge is 0.237 e. The molecule has 0 aliphatic rings. The van der Waals surface area contributed by atoms with Gasteiger partial charge >= 0.3 is 0 Å². The number of carbonyl (C=O) groups excluding carboxylic acids is 1. The van der Waals surface area contributed by atoms with Gasteiger partial charge in [0.2, 0.25) is 5.91 Å². The van der Waals surface area contributed by atoms with Crippen molar-refractivity contribution >= 4 is 23.4 Å². The summed E-state index contributed by atoms with van der Waals surface area (Å²) in [6.45, 7) is 5.76. The van der Waals surface area contributed by atoms with Crippen LogP contribution in [0.1, 0.15) is 18.3 Å². The Morgan fingerprint density at radius 1 is 1.30 bits per heavy atom. The van der Waals surface area contributed by atoms with E-state index >= 15 is 0 Å². The highest BCUT2D eigenvalue weighted by molar-refractivity contribution is 8.00. The van der Waals surface area contributed by atoms with E-state index in [9.17, 15) is 4.79 Å². The van der Waals surface area contributed by atoms with Crippen molar-refractivity contribution in [3.05, 3.63) is 41.7 Å². The molecule has 1 aromatic carbocycles. The summed E-state index contributed by atoms with van der Waals surface area (Å²) in [6, 6.07) is 9.94. The highest BCUT2D eigenvalue weighted by Gasteiger charge is 2.18. The first kappa shape index (κ1) is 14.7. The van der Waals surface area contributed by atoms with Crippen LogP contribution in [0.15, 0.2) is 35.2 Å². The summed E-state index contributed by atoms with van der Waals surface area (Å²) >= 11 is 1.55. The zero-order valence-corrected chi connectivity index (χ0v) is 13.0. The number of aryl methyl sites for hydroxylation is 2. The van der Waals surface area contributed by atoms with Crippen LogP contribution in [-0.4, -0.2) is 20.9 Å². The molecule has 2 aromatic rings. The van der Waals surface area contributed by atoms with Gasteiger partial charge in [-0.15, -0.1) is 11.8 Å². The SMILES string of the molecule is Cc1nn(C)c(C)c1NC(=O)[C@@H](C)Sc1ccccc1. The number of amides is 1. The van der Waals surface area contributed by atoms with Crippen LogP contribution >= 0.6 is 11.8 Å². The number of benzene rings is 1. The van der Waals surface area contributed by atoms with Crippen molar-refractivity contribution in [1.82, 2.24) is 9.78 Å². The average molecular weight is 289 g/mol. The molecular weight excluding hydrogens is 270 g/mol. The number of anilines is 1. The normalized spacial score (nSPS) is 12.2. The summed E-state index contributed by atoms with van der Waals surface area (Å²) in [5.74, 6) is -0.00180. The number of rotatable bonds is 4. The van der Waals surface area contributed by atoms with Crippen LogP contribution in [0.4, 0.5) is 5.69 Å². The zero-order valence-electron chi connectivity index (χ0n) is 12.2. The van der Waals surface area contributed by atoms with Gasteiger partial charge in [-0.25, -0.2) is 0 Å². The van der Waals surface area contributed by atoms with Crippen LogP contribution in [0.5, 0.6) is 0 Å². The van der Waals surface area contributed by atoms with Crippen LogP contribution < -0.4 is 5.32 Å².